The van der Waals surface area contributed by atoms with E-state index in [4.69, 9.17) is 4.42 Å². The van der Waals surface area contributed by atoms with E-state index < -0.39 is 9.84 Å². The average molecular weight is 404 g/mol. The first-order valence-corrected chi connectivity index (χ1v) is 11.6. The first-order chi connectivity index (χ1) is 12.8. The number of thiophene rings is 1. The molecular weight excluding hydrogens is 382 g/mol. The van der Waals surface area contributed by atoms with E-state index in [1.54, 1.807) is 16.2 Å². The smallest absolute Gasteiger partial charge is 0.290 e. The van der Waals surface area contributed by atoms with Crippen molar-refractivity contribution in [2.75, 3.05) is 11.5 Å². The van der Waals surface area contributed by atoms with E-state index in [-0.39, 0.29) is 23.5 Å². The Balaban J connectivity index is 1.73. The lowest BCUT2D eigenvalue weighted by molar-refractivity contribution is 0.0651. The Morgan fingerprint density at radius 1 is 1.30 bits per heavy atom. The molecule has 1 aliphatic heterocycles. The number of nitrogens with zero attached hydrogens (tertiary/aromatic N) is 1. The van der Waals surface area contributed by atoms with Crippen LogP contribution in [0.4, 0.5) is 0 Å². The second kappa shape index (κ2) is 6.80. The Labute approximate surface area is 162 Å². The Morgan fingerprint density at radius 3 is 2.78 bits per heavy atom. The van der Waals surface area contributed by atoms with Gasteiger partial charge in [-0.2, -0.15) is 0 Å². The third-order valence-electron chi connectivity index (χ3n) is 5.10. The van der Waals surface area contributed by atoms with Crippen molar-refractivity contribution in [3.05, 3.63) is 57.5 Å². The molecule has 4 rings (SSSR count). The summed E-state index contributed by atoms with van der Waals surface area (Å²) in [6, 6.07) is 9.45. The van der Waals surface area contributed by atoms with Crippen LogP contribution in [0, 0.1) is 13.8 Å². The summed E-state index contributed by atoms with van der Waals surface area (Å²) in [5.74, 6) is 0.209. The number of hydrogen-bond donors (Lipinski definition) is 0. The molecule has 3 heterocycles. The summed E-state index contributed by atoms with van der Waals surface area (Å²) in [7, 11) is -3.10. The van der Waals surface area contributed by atoms with Crippen molar-refractivity contribution < 1.29 is 17.6 Å². The normalized spacial score (nSPS) is 18.8. The van der Waals surface area contributed by atoms with Gasteiger partial charge < -0.3 is 9.32 Å². The highest BCUT2D eigenvalue weighted by atomic mass is 32.2. The summed E-state index contributed by atoms with van der Waals surface area (Å²) in [5, 5.41) is 2.87. The van der Waals surface area contributed by atoms with Crippen LogP contribution in [0.2, 0.25) is 0 Å². The van der Waals surface area contributed by atoms with Crippen LogP contribution in [0.3, 0.4) is 0 Å². The minimum atomic E-state index is -3.10. The SMILES string of the molecule is Cc1ccc2c(C)c(C(=O)N(Cc3cccs3)[C@H]3CCS(=O)(=O)C3)oc2c1. The number of sulfone groups is 1. The Kier molecular flexibility index (Phi) is 4.60. The van der Waals surface area contributed by atoms with Gasteiger partial charge in [-0.1, -0.05) is 18.2 Å². The maximum Gasteiger partial charge on any atom is 0.290 e. The van der Waals surface area contributed by atoms with Gasteiger partial charge in [0.15, 0.2) is 15.6 Å². The molecule has 2 aromatic heterocycles. The fourth-order valence-electron chi connectivity index (χ4n) is 3.63. The molecule has 0 radical (unpaired) electrons. The lowest BCUT2D eigenvalue weighted by atomic mass is 10.1. The molecule has 1 aliphatic rings. The van der Waals surface area contributed by atoms with Gasteiger partial charge in [0.25, 0.3) is 5.91 Å². The highest BCUT2D eigenvalue weighted by molar-refractivity contribution is 7.91. The topological polar surface area (TPSA) is 67.6 Å². The van der Waals surface area contributed by atoms with Crippen molar-refractivity contribution in [3.63, 3.8) is 0 Å². The van der Waals surface area contributed by atoms with E-state index in [9.17, 15) is 13.2 Å². The van der Waals surface area contributed by atoms with Gasteiger partial charge in [0.2, 0.25) is 0 Å². The van der Waals surface area contributed by atoms with E-state index in [1.165, 1.54) is 0 Å². The number of hydrogen-bond acceptors (Lipinski definition) is 5. The van der Waals surface area contributed by atoms with Gasteiger partial charge in [0.05, 0.1) is 18.1 Å². The molecular formula is C20H21NO4S2. The zero-order chi connectivity index (χ0) is 19.2. The van der Waals surface area contributed by atoms with E-state index in [0.29, 0.717) is 24.3 Å². The average Bonchev–Trinajstić information content (AvgIpc) is 3.32. The molecule has 142 valence electrons. The maximum atomic E-state index is 13.4. The van der Waals surface area contributed by atoms with Gasteiger partial charge in [-0.15, -0.1) is 11.3 Å². The first-order valence-electron chi connectivity index (χ1n) is 8.87. The number of fused-ring (bicyclic) bond motifs is 1. The van der Waals surface area contributed by atoms with Crippen LogP contribution >= 0.6 is 11.3 Å². The number of carbonyl (C=O) groups excluding carboxylic acids is 1. The number of carbonyl (C=O) groups is 1. The lowest BCUT2D eigenvalue weighted by Gasteiger charge is -2.27. The quantitative estimate of drug-likeness (QED) is 0.662. The van der Waals surface area contributed by atoms with Crippen LogP contribution in [0.5, 0.6) is 0 Å². The minimum Gasteiger partial charge on any atom is -0.451 e. The molecule has 0 aliphatic carbocycles. The van der Waals surface area contributed by atoms with Crippen LogP contribution in [0.15, 0.2) is 40.1 Å². The van der Waals surface area contributed by atoms with Crippen molar-refractivity contribution in [3.8, 4) is 0 Å². The zero-order valence-electron chi connectivity index (χ0n) is 15.3. The van der Waals surface area contributed by atoms with Crippen molar-refractivity contribution in [1.82, 2.24) is 4.90 Å². The van der Waals surface area contributed by atoms with Crippen molar-refractivity contribution >= 4 is 38.1 Å². The van der Waals surface area contributed by atoms with Crippen molar-refractivity contribution in [2.45, 2.75) is 32.9 Å². The van der Waals surface area contributed by atoms with E-state index >= 15 is 0 Å². The van der Waals surface area contributed by atoms with E-state index in [2.05, 4.69) is 0 Å². The molecule has 0 saturated carbocycles. The standard InChI is InChI=1S/C20H21NO4S2/c1-13-5-6-17-14(2)19(25-18(17)10-13)20(22)21(11-16-4-3-8-26-16)15-7-9-27(23,24)12-15/h3-6,8,10,15H,7,9,11-12H2,1-2H3/t15-/m0/s1. The fraction of sp³-hybridized carbons (Fsp3) is 0.350. The van der Waals surface area contributed by atoms with Crippen LogP contribution in [-0.4, -0.2) is 36.8 Å². The molecule has 1 saturated heterocycles. The molecule has 0 unspecified atom stereocenters. The Bertz CT molecular complexity index is 1100. The van der Waals surface area contributed by atoms with Gasteiger partial charge in [-0.3, -0.25) is 4.79 Å². The lowest BCUT2D eigenvalue weighted by Crippen LogP contribution is -2.40. The second-order valence-corrected chi connectivity index (χ2v) is 10.4. The molecule has 0 spiro atoms. The number of rotatable bonds is 4. The molecule has 3 aromatic rings. The van der Waals surface area contributed by atoms with E-state index in [1.807, 2.05) is 49.6 Å². The third kappa shape index (κ3) is 3.53. The number of amides is 1. The van der Waals surface area contributed by atoms with Crippen LogP contribution in [0.25, 0.3) is 11.0 Å². The van der Waals surface area contributed by atoms with Gasteiger partial charge in [-0.25, -0.2) is 8.42 Å². The van der Waals surface area contributed by atoms with Crippen LogP contribution in [0.1, 0.15) is 33.0 Å². The van der Waals surface area contributed by atoms with Gasteiger partial charge in [0, 0.05) is 21.9 Å². The largest absolute Gasteiger partial charge is 0.451 e. The molecule has 1 atom stereocenters. The summed E-state index contributed by atoms with van der Waals surface area (Å²) in [5.41, 5.74) is 2.55. The second-order valence-electron chi connectivity index (χ2n) is 7.13. The number of furan rings is 1. The van der Waals surface area contributed by atoms with Crippen LogP contribution in [-0.2, 0) is 16.4 Å². The summed E-state index contributed by atoms with van der Waals surface area (Å²) < 4.78 is 29.9. The first kappa shape index (κ1) is 18.3. The summed E-state index contributed by atoms with van der Waals surface area (Å²) in [6.07, 6.45) is 0.470. The molecule has 1 fully saturated rings. The fourth-order valence-corrected chi connectivity index (χ4v) is 6.06. The van der Waals surface area contributed by atoms with Crippen LogP contribution < -0.4 is 0 Å². The van der Waals surface area contributed by atoms with Gasteiger partial charge >= 0.3 is 0 Å². The molecule has 0 bridgehead atoms. The molecule has 1 aromatic carbocycles. The highest BCUT2D eigenvalue weighted by Crippen LogP contribution is 2.30. The van der Waals surface area contributed by atoms with Gasteiger partial charge in [-0.05, 0) is 43.3 Å². The van der Waals surface area contributed by atoms with E-state index in [0.717, 1.165) is 21.4 Å². The van der Waals surface area contributed by atoms with Crippen molar-refractivity contribution in [1.29, 1.82) is 0 Å². The maximum absolute atomic E-state index is 13.4. The predicted molar refractivity (Wildman–Crippen MR) is 107 cm³/mol. The summed E-state index contributed by atoms with van der Waals surface area (Å²) in [4.78, 5) is 16.1. The highest BCUT2D eigenvalue weighted by Gasteiger charge is 2.36. The zero-order valence-corrected chi connectivity index (χ0v) is 16.9. The molecule has 27 heavy (non-hydrogen) atoms. The minimum absolute atomic E-state index is 0.0164. The third-order valence-corrected chi connectivity index (χ3v) is 7.72. The monoisotopic (exact) mass is 403 g/mol. The Hall–Kier alpha value is -2.12. The van der Waals surface area contributed by atoms with Crippen molar-refractivity contribution in [2.24, 2.45) is 0 Å². The molecule has 7 heteroatoms. The molecule has 1 amide bonds. The summed E-state index contributed by atoms with van der Waals surface area (Å²) in [6.45, 7) is 4.25. The van der Waals surface area contributed by atoms with Gasteiger partial charge in [0.1, 0.15) is 5.58 Å². The molecule has 0 N–H and O–H groups in total. The Morgan fingerprint density at radius 2 is 2.11 bits per heavy atom. The predicted octanol–water partition coefficient (Wildman–Crippen LogP) is 3.94. The number of benzene rings is 1. The molecule has 5 nitrogen and oxygen atoms in total. The number of aryl methyl sites for hydroxylation is 2. The summed E-state index contributed by atoms with van der Waals surface area (Å²) >= 11 is 1.56.